The SMILES string of the molecule is Cc1nc(NC(C)C)cc(NC2CCCNC2)n1. The van der Waals surface area contributed by atoms with Crippen molar-refractivity contribution in [3.63, 3.8) is 0 Å². The molecule has 1 aliphatic heterocycles. The van der Waals surface area contributed by atoms with Crippen LogP contribution in [0.1, 0.15) is 32.5 Å². The average Bonchev–Trinajstić information content (AvgIpc) is 2.28. The third-order valence-corrected chi connectivity index (χ3v) is 2.92. The molecular weight excluding hydrogens is 226 g/mol. The summed E-state index contributed by atoms with van der Waals surface area (Å²) in [6.45, 7) is 8.28. The van der Waals surface area contributed by atoms with Crippen molar-refractivity contribution in [1.82, 2.24) is 15.3 Å². The van der Waals surface area contributed by atoms with Crippen LogP contribution in [0.15, 0.2) is 6.07 Å². The molecule has 5 nitrogen and oxygen atoms in total. The molecule has 1 aliphatic rings. The highest BCUT2D eigenvalue weighted by molar-refractivity contribution is 5.48. The quantitative estimate of drug-likeness (QED) is 0.759. The smallest absolute Gasteiger partial charge is 0.132 e. The molecule has 1 saturated heterocycles. The van der Waals surface area contributed by atoms with Gasteiger partial charge in [-0.05, 0) is 40.2 Å². The van der Waals surface area contributed by atoms with Gasteiger partial charge in [0.1, 0.15) is 17.5 Å². The number of hydrogen-bond acceptors (Lipinski definition) is 5. The molecule has 1 aromatic rings. The third kappa shape index (κ3) is 3.84. The van der Waals surface area contributed by atoms with E-state index in [4.69, 9.17) is 0 Å². The van der Waals surface area contributed by atoms with Gasteiger partial charge in [0, 0.05) is 24.7 Å². The largest absolute Gasteiger partial charge is 0.368 e. The molecule has 0 amide bonds. The first-order chi connectivity index (χ1) is 8.63. The number of aryl methyl sites for hydroxylation is 1. The van der Waals surface area contributed by atoms with Crippen LogP contribution >= 0.6 is 0 Å². The van der Waals surface area contributed by atoms with Gasteiger partial charge in [-0.1, -0.05) is 0 Å². The molecule has 0 bridgehead atoms. The van der Waals surface area contributed by atoms with Gasteiger partial charge in [0.25, 0.3) is 0 Å². The lowest BCUT2D eigenvalue weighted by atomic mass is 10.1. The van der Waals surface area contributed by atoms with Crippen molar-refractivity contribution in [2.75, 3.05) is 23.7 Å². The highest BCUT2D eigenvalue weighted by Gasteiger charge is 2.13. The normalized spacial score (nSPS) is 19.9. The van der Waals surface area contributed by atoms with Gasteiger partial charge < -0.3 is 16.0 Å². The predicted molar refractivity (Wildman–Crippen MR) is 75.0 cm³/mol. The van der Waals surface area contributed by atoms with Gasteiger partial charge in [0.2, 0.25) is 0 Å². The topological polar surface area (TPSA) is 61.9 Å². The van der Waals surface area contributed by atoms with Crippen LogP contribution in [-0.2, 0) is 0 Å². The van der Waals surface area contributed by atoms with E-state index >= 15 is 0 Å². The van der Waals surface area contributed by atoms with Crippen LogP contribution in [0, 0.1) is 6.92 Å². The Morgan fingerprint density at radius 1 is 1.33 bits per heavy atom. The molecule has 1 fully saturated rings. The molecule has 0 aromatic carbocycles. The highest BCUT2D eigenvalue weighted by Crippen LogP contribution is 2.15. The highest BCUT2D eigenvalue weighted by atomic mass is 15.1. The molecule has 100 valence electrons. The van der Waals surface area contributed by atoms with Gasteiger partial charge in [-0.3, -0.25) is 0 Å². The lowest BCUT2D eigenvalue weighted by Gasteiger charge is -2.24. The van der Waals surface area contributed by atoms with E-state index in [1.165, 1.54) is 12.8 Å². The molecule has 0 aliphatic carbocycles. The number of rotatable bonds is 4. The lowest BCUT2D eigenvalue weighted by molar-refractivity contribution is 0.479. The number of nitrogens with one attached hydrogen (secondary N) is 3. The summed E-state index contributed by atoms with van der Waals surface area (Å²) in [6.07, 6.45) is 2.42. The predicted octanol–water partition coefficient (Wildman–Crippen LogP) is 1.77. The van der Waals surface area contributed by atoms with Gasteiger partial charge in [-0.15, -0.1) is 0 Å². The number of piperidine rings is 1. The summed E-state index contributed by atoms with van der Waals surface area (Å²) < 4.78 is 0. The maximum absolute atomic E-state index is 4.45. The zero-order valence-electron chi connectivity index (χ0n) is 11.5. The Kier molecular flexibility index (Phi) is 4.36. The molecule has 18 heavy (non-hydrogen) atoms. The van der Waals surface area contributed by atoms with E-state index in [2.05, 4.69) is 39.8 Å². The van der Waals surface area contributed by atoms with Gasteiger partial charge in [0.15, 0.2) is 0 Å². The third-order valence-electron chi connectivity index (χ3n) is 2.92. The van der Waals surface area contributed by atoms with Crippen molar-refractivity contribution < 1.29 is 0 Å². The average molecular weight is 249 g/mol. The molecule has 2 heterocycles. The van der Waals surface area contributed by atoms with Crippen LogP contribution in [-0.4, -0.2) is 35.1 Å². The first kappa shape index (κ1) is 13.1. The van der Waals surface area contributed by atoms with Crippen LogP contribution < -0.4 is 16.0 Å². The molecule has 1 aromatic heterocycles. The van der Waals surface area contributed by atoms with Gasteiger partial charge in [-0.2, -0.15) is 0 Å². The minimum atomic E-state index is 0.378. The molecule has 0 spiro atoms. The Balaban J connectivity index is 2.04. The summed E-state index contributed by atoms with van der Waals surface area (Å²) >= 11 is 0. The zero-order chi connectivity index (χ0) is 13.0. The summed E-state index contributed by atoms with van der Waals surface area (Å²) in [4.78, 5) is 8.83. The lowest BCUT2D eigenvalue weighted by Crippen LogP contribution is -2.38. The number of nitrogens with zero attached hydrogens (tertiary/aromatic N) is 2. The minimum Gasteiger partial charge on any atom is -0.368 e. The fourth-order valence-corrected chi connectivity index (χ4v) is 2.20. The van der Waals surface area contributed by atoms with E-state index < -0.39 is 0 Å². The van der Waals surface area contributed by atoms with Crippen molar-refractivity contribution in [2.45, 2.75) is 45.7 Å². The Labute approximate surface area is 109 Å². The number of aromatic nitrogens is 2. The summed E-state index contributed by atoms with van der Waals surface area (Å²) in [7, 11) is 0. The summed E-state index contributed by atoms with van der Waals surface area (Å²) in [5, 5.41) is 10.2. The second-order valence-electron chi connectivity index (χ2n) is 5.17. The Bertz CT molecular complexity index is 385. The Morgan fingerprint density at radius 2 is 2.11 bits per heavy atom. The standard InChI is InChI=1S/C13H23N5/c1-9(2)15-12-7-13(17-10(3)16-12)18-11-5-4-6-14-8-11/h7,9,11,14H,4-6,8H2,1-3H3,(H2,15,16,17,18). The minimum absolute atomic E-state index is 0.378. The monoisotopic (exact) mass is 249 g/mol. The van der Waals surface area contributed by atoms with E-state index in [0.717, 1.165) is 30.5 Å². The van der Waals surface area contributed by atoms with Crippen LogP contribution in [0.5, 0.6) is 0 Å². The molecule has 2 rings (SSSR count). The van der Waals surface area contributed by atoms with E-state index in [1.54, 1.807) is 0 Å². The summed E-state index contributed by atoms with van der Waals surface area (Å²) in [5.74, 6) is 2.61. The maximum Gasteiger partial charge on any atom is 0.132 e. The van der Waals surface area contributed by atoms with Crippen molar-refractivity contribution in [2.24, 2.45) is 0 Å². The Morgan fingerprint density at radius 3 is 2.78 bits per heavy atom. The summed E-state index contributed by atoms with van der Waals surface area (Å²) in [5.41, 5.74) is 0. The van der Waals surface area contributed by atoms with Gasteiger partial charge >= 0.3 is 0 Å². The second-order valence-corrected chi connectivity index (χ2v) is 5.17. The van der Waals surface area contributed by atoms with Gasteiger partial charge in [0.05, 0.1) is 0 Å². The number of hydrogen-bond donors (Lipinski definition) is 3. The molecule has 5 heteroatoms. The number of anilines is 2. The van der Waals surface area contributed by atoms with Crippen molar-refractivity contribution in [3.8, 4) is 0 Å². The van der Waals surface area contributed by atoms with Crippen LogP contribution in [0.3, 0.4) is 0 Å². The molecule has 0 saturated carbocycles. The molecule has 1 atom stereocenters. The zero-order valence-corrected chi connectivity index (χ0v) is 11.5. The van der Waals surface area contributed by atoms with Crippen molar-refractivity contribution >= 4 is 11.6 Å². The van der Waals surface area contributed by atoms with Crippen LogP contribution in [0.2, 0.25) is 0 Å². The first-order valence-electron chi connectivity index (χ1n) is 6.73. The van der Waals surface area contributed by atoms with E-state index in [1.807, 2.05) is 13.0 Å². The summed E-state index contributed by atoms with van der Waals surface area (Å²) in [6, 6.07) is 2.84. The van der Waals surface area contributed by atoms with Gasteiger partial charge in [-0.25, -0.2) is 9.97 Å². The molecule has 0 radical (unpaired) electrons. The maximum atomic E-state index is 4.45. The first-order valence-corrected chi connectivity index (χ1v) is 6.73. The van der Waals surface area contributed by atoms with Crippen LogP contribution in [0.4, 0.5) is 11.6 Å². The fraction of sp³-hybridized carbons (Fsp3) is 0.692. The van der Waals surface area contributed by atoms with Crippen molar-refractivity contribution in [1.29, 1.82) is 0 Å². The Hall–Kier alpha value is -1.36. The van der Waals surface area contributed by atoms with E-state index in [9.17, 15) is 0 Å². The van der Waals surface area contributed by atoms with E-state index in [-0.39, 0.29) is 0 Å². The van der Waals surface area contributed by atoms with E-state index in [0.29, 0.717) is 12.1 Å². The fourth-order valence-electron chi connectivity index (χ4n) is 2.20. The van der Waals surface area contributed by atoms with Crippen molar-refractivity contribution in [3.05, 3.63) is 11.9 Å². The molecular formula is C13H23N5. The molecule has 1 unspecified atom stereocenters. The van der Waals surface area contributed by atoms with Crippen LogP contribution in [0.25, 0.3) is 0 Å². The molecule has 3 N–H and O–H groups in total. The second kappa shape index (κ2) is 6.00.